The summed E-state index contributed by atoms with van der Waals surface area (Å²) in [6.45, 7) is 3.37. The van der Waals surface area contributed by atoms with Crippen LogP contribution < -0.4 is 5.73 Å². The standard InChI is InChI=1S/C10H13NO2/c1-10(2,9(11)13)7-5-3-4-6-8(7)12/h3-6,12H,1-2H3,(H2,11,13). The fourth-order valence-corrected chi connectivity index (χ4v) is 1.13. The van der Waals surface area contributed by atoms with Crippen molar-refractivity contribution in [2.24, 2.45) is 5.73 Å². The van der Waals surface area contributed by atoms with Gasteiger partial charge in [-0.2, -0.15) is 0 Å². The quantitative estimate of drug-likeness (QED) is 0.715. The average molecular weight is 179 g/mol. The van der Waals surface area contributed by atoms with Crippen LogP contribution in [-0.4, -0.2) is 11.0 Å². The van der Waals surface area contributed by atoms with Crippen molar-refractivity contribution < 1.29 is 9.90 Å². The normalized spacial score (nSPS) is 11.2. The molecule has 0 radical (unpaired) electrons. The molecule has 3 heteroatoms. The van der Waals surface area contributed by atoms with Crippen LogP contribution in [0.25, 0.3) is 0 Å². The number of primary amides is 1. The summed E-state index contributed by atoms with van der Waals surface area (Å²) in [4.78, 5) is 11.1. The number of carbonyl (C=O) groups excluding carboxylic acids is 1. The van der Waals surface area contributed by atoms with Crippen LogP contribution in [0.4, 0.5) is 0 Å². The molecule has 0 aliphatic heterocycles. The smallest absolute Gasteiger partial charge is 0.227 e. The van der Waals surface area contributed by atoms with Gasteiger partial charge in [0.15, 0.2) is 0 Å². The Morgan fingerprint density at radius 2 is 1.92 bits per heavy atom. The summed E-state index contributed by atoms with van der Waals surface area (Å²) >= 11 is 0. The van der Waals surface area contributed by atoms with E-state index >= 15 is 0 Å². The zero-order valence-electron chi connectivity index (χ0n) is 7.74. The summed E-state index contributed by atoms with van der Waals surface area (Å²) in [6, 6.07) is 6.70. The average Bonchev–Trinajstić information content (AvgIpc) is 2.04. The topological polar surface area (TPSA) is 63.3 Å². The lowest BCUT2D eigenvalue weighted by Crippen LogP contribution is -2.35. The van der Waals surface area contributed by atoms with E-state index in [0.717, 1.165) is 0 Å². The number of nitrogens with two attached hydrogens (primary N) is 1. The molecule has 3 N–H and O–H groups in total. The maximum absolute atomic E-state index is 11.1. The summed E-state index contributed by atoms with van der Waals surface area (Å²) in [6.07, 6.45) is 0. The number of aromatic hydroxyl groups is 1. The third-order valence-corrected chi connectivity index (χ3v) is 2.19. The second kappa shape index (κ2) is 3.09. The third-order valence-electron chi connectivity index (χ3n) is 2.19. The minimum absolute atomic E-state index is 0.103. The summed E-state index contributed by atoms with van der Waals surface area (Å²) in [7, 11) is 0. The first kappa shape index (κ1) is 9.58. The fourth-order valence-electron chi connectivity index (χ4n) is 1.13. The summed E-state index contributed by atoms with van der Waals surface area (Å²) < 4.78 is 0. The molecule has 0 saturated carbocycles. The molecule has 1 amide bonds. The molecule has 1 aromatic rings. The SMILES string of the molecule is CC(C)(C(N)=O)c1ccccc1O. The monoisotopic (exact) mass is 179 g/mol. The molecule has 13 heavy (non-hydrogen) atoms. The summed E-state index contributed by atoms with van der Waals surface area (Å²) in [5.41, 5.74) is 4.95. The fraction of sp³-hybridized carbons (Fsp3) is 0.300. The van der Waals surface area contributed by atoms with Crippen molar-refractivity contribution in [3.63, 3.8) is 0 Å². The molecule has 70 valence electrons. The van der Waals surface area contributed by atoms with Crippen LogP contribution in [0.2, 0.25) is 0 Å². The molecular weight excluding hydrogens is 166 g/mol. The van der Waals surface area contributed by atoms with E-state index in [1.165, 1.54) is 0 Å². The maximum Gasteiger partial charge on any atom is 0.227 e. The van der Waals surface area contributed by atoms with Crippen molar-refractivity contribution in [2.45, 2.75) is 19.3 Å². The van der Waals surface area contributed by atoms with Crippen molar-refractivity contribution >= 4 is 5.91 Å². The molecule has 1 rings (SSSR count). The van der Waals surface area contributed by atoms with Crippen molar-refractivity contribution in [3.8, 4) is 5.75 Å². The number of phenolic OH excluding ortho intramolecular Hbond substituents is 1. The number of carbonyl (C=O) groups is 1. The zero-order valence-corrected chi connectivity index (χ0v) is 7.74. The van der Waals surface area contributed by atoms with E-state index in [0.29, 0.717) is 5.56 Å². The number of rotatable bonds is 2. The van der Waals surface area contributed by atoms with Gasteiger partial charge in [-0.25, -0.2) is 0 Å². The van der Waals surface area contributed by atoms with Gasteiger partial charge in [-0.3, -0.25) is 4.79 Å². The Balaban J connectivity index is 3.22. The van der Waals surface area contributed by atoms with Crippen LogP contribution >= 0.6 is 0 Å². The van der Waals surface area contributed by atoms with Gasteiger partial charge >= 0.3 is 0 Å². The molecule has 0 spiro atoms. The summed E-state index contributed by atoms with van der Waals surface area (Å²) in [5.74, 6) is -0.347. The van der Waals surface area contributed by atoms with Gasteiger partial charge in [0.1, 0.15) is 5.75 Å². The molecule has 0 bridgehead atoms. The Kier molecular flexibility index (Phi) is 2.28. The molecule has 0 fully saturated rings. The van der Waals surface area contributed by atoms with Crippen molar-refractivity contribution in [2.75, 3.05) is 0 Å². The van der Waals surface area contributed by atoms with Crippen LogP contribution in [0.15, 0.2) is 24.3 Å². The van der Waals surface area contributed by atoms with E-state index in [2.05, 4.69) is 0 Å². The highest BCUT2D eigenvalue weighted by Crippen LogP contribution is 2.29. The van der Waals surface area contributed by atoms with Gasteiger partial charge in [-0.05, 0) is 19.9 Å². The Morgan fingerprint density at radius 3 is 2.38 bits per heavy atom. The molecule has 1 aromatic carbocycles. The Morgan fingerprint density at radius 1 is 1.38 bits per heavy atom. The first-order valence-corrected chi connectivity index (χ1v) is 4.04. The van der Waals surface area contributed by atoms with Crippen molar-refractivity contribution in [1.82, 2.24) is 0 Å². The summed E-state index contributed by atoms with van der Waals surface area (Å²) in [5, 5.41) is 9.49. The Hall–Kier alpha value is -1.51. The Bertz CT molecular complexity index is 331. The zero-order chi connectivity index (χ0) is 10.1. The van der Waals surface area contributed by atoms with Crippen LogP contribution in [0.1, 0.15) is 19.4 Å². The number of hydrogen-bond donors (Lipinski definition) is 2. The van der Waals surface area contributed by atoms with Gasteiger partial charge in [0, 0.05) is 5.56 Å². The first-order valence-electron chi connectivity index (χ1n) is 4.04. The lowest BCUT2D eigenvalue weighted by molar-refractivity contribution is -0.122. The van der Waals surface area contributed by atoms with E-state index in [1.807, 2.05) is 0 Å². The van der Waals surface area contributed by atoms with Crippen molar-refractivity contribution in [3.05, 3.63) is 29.8 Å². The van der Waals surface area contributed by atoms with E-state index in [1.54, 1.807) is 38.1 Å². The minimum atomic E-state index is -0.828. The number of benzene rings is 1. The molecule has 0 saturated heterocycles. The second-order valence-electron chi connectivity index (χ2n) is 3.51. The molecule has 0 heterocycles. The minimum Gasteiger partial charge on any atom is -0.508 e. The molecule has 0 unspecified atom stereocenters. The third kappa shape index (κ3) is 1.64. The lowest BCUT2D eigenvalue weighted by Gasteiger charge is -2.21. The highest BCUT2D eigenvalue weighted by molar-refractivity contribution is 5.86. The van der Waals surface area contributed by atoms with Crippen LogP contribution in [0.3, 0.4) is 0 Å². The van der Waals surface area contributed by atoms with Gasteiger partial charge in [0.05, 0.1) is 5.41 Å². The molecule has 0 atom stereocenters. The van der Waals surface area contributed by atoms with E-state index in [-0.39, 0.29) is 5.75 Å². The van der Waals surface area contributed by atoms with Gasteiger partial charge < -0.3 is 10.8 Å². The van der Waals surface area contributed by atoms with Gasteiger partial charge in [0.2, 0.25) is 5.91 Å². The highest BCUT2D eigenvalue weighted by Gasteiger charge is 2.29. The first-order chi connectivity index (χ1) is 5.96. The predicted octanol–water partition coefficient (Wildman–Crippen LogP) is 1.16. The predicted molar refractivity (Wildman–Crippen MR) is 50.3 cm³/mol. The van der Waals surface area contributed by atoms with Crippen molar-refractivity contribution in [1.29, 1.82) is 0 Å². The lowest BCUT2D eigenvalue weighted by atomic mass is 9.83. The largest absolute Gasteiger partial charge is 0.508 e. The van der Waals surface area contributed by atoms with Gasteiger partial charge in [-0.1, -0.05) is 18.2 Å². The molecule has 0 aromatic heterocycles. The number of phenols is 1. The number of hydrogen-bond acceptors (Lipinski definition) is 2. The second-order valence-corrected chi connectivity index (χ2v) is 3.51. The molecular formula is C10H13NO2. The maximum atomic E-state index is 11.1. The van der Waals surface area contributed by atoms with Gasteiger partial charge in [0.25, 0.3) is 0 Å². The molecule has 0 aliphatic rings. The van der Waals surface area contributed by atoms with Crippen LogP contribution in [0.5, 0.6) is 5.75 Å². The van der Waals surface area contributed by atoms with Gasteiger partial charge in [-0.15, -0.1) is 0 Å². The van der Waals surface area contributed by atoms with Crippen LogP contribution in [0, 0.1) is 0 Å². The van der Waals surface area contributed by atoms with E-state index in [9.17, 15) is 9.90 Å². The van der Waals surface area contributed by atoms with Crippen LogP contribution in [-0.2, 0) is 10.2 Å². The number of amides is 1. The number of para-hydroxylation sites is 1. The highest BCUT2D eigenvalue weighted by atomic mass is 16.3. The Labute approximate surface area is 77.2 Å². The molecule has 3 nitrogen and oxygen atoms in total. The van der Waals surface area contributed by atoms with E-state index < -0.39 is 11.3 Å². The molecule has 0 aliphatic carbocycles. The van der Waals surface area contributed by atoms with E-state index in [4.69, 9.17) is 5.73 Å².